The molecule has 4 fully saturated rings. The van der Waals surface area contributed by atoms with Crippen molar-refractivity contribution in [1.82, 2.24) is 0 Å². The lowest BCUT2D eigenvalue weighted by molar-refractivity contribution is -0.208. The second-order valence-corrected chi connectivity index (χ2v) is 12.9. The van der Waals surface area contributed by atoms with Crippen LogP contribution in [0.25, 0.3) is 0 Å². The number of hydrogen-bond acceptors (Lipinski definition) is 5. The Kier molecular flexibility index (Phi) is 6.27. The summed E-state index contributed by atoms with van der Waals surface area (Å²) in [7, 11) is 2.78. The SMILES string of the molecule is C=CO[C@]1(C(=O)CC)CCC2C3CC[C@]4(O)CC5(CCC4=C3[C@@H](c3ccc(P)cc3)C[C@@]21C)OCCO5. The van der Waals surface area contributed by atoms with E-state index in [1.807, 2.05) is 6.92 Å². The van der Waals surface area contributed by atoms with E-state index in [1.54, 1.807) is 0 Å². The molecule has 5 aliphatic rings. The van der Waals surface area contributed by atoms with Crippen LogP contribution in [-0.4, -0.2) is 41.1 Å². The lowest BCUT2D eigenvalue weighted by Crippen LogP contribution is -2.58. The van der Waals surface area contributed by atoms with Gasteiger partial charge in [0.15, 0.2) is 17.2 Å². The number of hydrogen-bond donors (Lipinski definition) is 1. The molecular weight excluding hydrogens is 483 g/mol. The van der Waals surface area contributed by atoms with Crippen molar-refractivity contribution in [3.63, 3.8) is 0 Å². The van der Waals surface area contributed by atoms with Gasteiger partial charge in [-0.15, -0.1) is 9.24 Å². The number of ether oxygens (including phenoxy) is 3. The molecule has 5 nitrogen and oxygen atoms in total. The highest BCUT2D eigenvalue weighted by Gasteiger charge is 2.68. The van der Waals surface area contributed by atoms with Gasteiger partial charge in [-0.3, -0.25) is 4.79 Å². The van der Waals surface area contributed by atoms with Crippen LogP contribution in [0.15, 0.2) is 48.3 Å². The number of rotatable bonds is 5. The zero-order chi connectivity index (χ0) is 26.1. The molecule has 1 aromatic rings. The van der Waals surface area contributed by atoms with Gasteiger partial charge in [-0.2, -0.15) is 0 Å². The molecule has 0 radical (unpaired) electrons. The standard InChI is InChI=1S/C31H41O5P/c1-4-26(32)31(34-5-2)15-12-24-22-10-13-29(33)19-30(35-16-17-36-30)14-11-25(29)27(22)23(18-28(24,31)3)20-6-8-21(37)9-7-20/h5-9,22-24,33H,2,4,10-19,37H2,1,3H3/t22?,23-,24?,28+,29+,31+/m1/s1. The average molecular weight is 525 g/mol. The van der Waals surface area contributed by atoms with Crippen molar-refractivity contribution < 1.29 is 24.1 Å². The number of fused-ring (bicyclic) bond motifs is 4. The van der Waals surface area contributed by atoms with Crippen molar-refractivity contribution in [2.75, 3.05) is 13.2 Å². The number of carbonyl (C=O) groups excluding carboxylic acids is 1. The molecule has 3 saturated carbocycles. The fourth-order valence-corrected chi connectivity index (χ4v) is 9.37. The van der Waals surface area contributed by atoms with Crippen LogP contribution in [0.1, 0.15) is 83.1 Å². The molecule has 1 heterocycles. The molecule has 0 aromatic heterocycles. The van der Waals surface area contributed by atoms with Gasteiger partial charge in [-0.05, 0) is 66.8 Å². The van der Waals surface area contributed by atoms with Crippen LogP contribution in [0.4, 0.5) is 0 Å². The normalized spacial score (nSPS) is 40.2. The van der Waals surface area contributed by atoms with Crippen LogP contribution in [0.2, 0.25) is 0 Å². The topological polar surface area (TPSA) is 65.0 Å². The zero-order valence-corrected chi connectivity index (χ0v) is 23.4. The van der Waals surface area contributed by atoms with Gasteiger partial charge < -0.3 is 19.3 Å². The summed E-state index contributed by atoms with van der Waals surface area (Å²) in [4.78, 5) is 13.6. The van der Waals surface area contributed by atoms with Crippen molar-refractivity contribution in [1.29, 1.82) is 0 Å². The fraction of sp³-hybridized carbons (Fsp3) is 0.645. The van der Waals surface area contributed by atoms with Crippen molar-refractivity contribution in [3.8, 4) is 0 Å². The first kappa shape index (κ1) is 25.7. The molecule has 7 atom stereocenters. The first-order chi connectivity index (χ1) is 17.7. The van der Waals surface area contributed by atoms with Gasteiger partial charge in [0.25, 0.3) is 0 Å². The van der Waals surface area contributed by atoms with Crippen LogP contribution < -0.4 is 5.30 Å². The molecule has 1 N–H and O–H groups in total. The van der Waals surface area contributed by atoms with E-state index in [9.17, 15) is 9.90 Å². The monoisotopic (exact) mass is 524 g/mol. The summed E-state index contributed by atoms with van der Waals surface area (Å²) in [6, 6.07) is 8.77. The van der Waals surface area contributed by atoms with Gasteiger partial charge in [0.2, 0.25) is 0 Å². The summed E-state index contributed by atoms with van der Waals surface area (Å²) >= 11 is 0. The first-order valence-corrected chi connectivity index (χ1v) is 14.7. The summed E-state index contributed by atoms with van der Waals surface area (Å²) in [5.74, 6) is 0.346. The lowest BCUT2D eigenvalue weighted by atomic mass is 9.49. The maximum atomic E-state index is 13.6. The predicted octanol–water partition coefficient (Wildman–Crippen LogP) is 5.33. The minimum Gasteiger partial charge on any atom is -0.487 e. The molecule has 1 aromatic carbocycles. The largest absolute Gasteiger partial charge is 0.487 e. The third kappa shape index (κ3) is 3.68. The zero-order valence-electron chi connectivity index (χ0n) is 22.3. The molecular formula is C31H41O5P. The van der Waals surface area contributed by atoms with Crippen molar-refractivity contribution >= 4 is 20.3 Å². The molecule has 4 aliphatic carbocycles. The molecule has 1 spiro atoms. The minimum atomic E-state index is -0.895. The van der Waals surface area contributed by atoms with Gasteiger partial charge in [0.05, 0.1) is 25.1 Å². The lowest BCUT2D eigenvalue weighted by Gasteiger charge is -2.57. The number of ketones is 1. The van der Waals surface area contributed by atoms with E-state index in [4.69, 9.17) is 14.2 Å². The van der Waals surface area contributed by atoms with Gasteiger partial charge in [-0.1, -0.05) is 50.3 Å². The third-order valence-electron chi connectivity index (χ3n) is 10.7. The van der Waals surface area contributed by atoms with Crippen LogP contribution in [0.5, 0.6) is 0 Å². The van der Waals surface area contributed by atoms with E-state index in [0.717, 1.165) is 43.8 Å². The highest BCUT2D eigenvalue weighted by molar-refractivity contribution is 7.27. The third-order valence-corrected chi connectivity index (χ3v) is 11.1. The molecule has 6 rings (SSSR count). The fourth-order valence-electron chi connectivity index (χ4n) is 9.17. The van der Waals surface area contributed by atoms with E-state index < -0.39 is 17.0 Å². The van der Waals surface area contributed by atoms with Gasteiger partial charge in [0.1, 0.15) is 0 Å². The molecule has 1 saturated heterocycles. The van der Waals surface area contributed by atoms with Crippen molar-refractivity contribution in [2.45, 2.75) is 94.5 Å². The van der Waals surface area contributed by atoms with Crippen LogP contribution in [-0.2, 0) is 19.0 Å². The summed E-state index contributed by atoms with van der Waals surface area (Å²) < 4.78 is 18.4. The Labute approximate surface area is 223 Å². The minimum absolute atomic E-state index is 0.133. The maximum Gasteiger partial charge on any atom is 0.176 e. The molecule has 3 unspecified atom stereocenters. The van der Waals surface area contributed by atoms with Crippen molar-refractivity contribution in [3.05, 3.63) is 53.8 Å². The maximum absolute atomic E-state index is 13.6. The Morgan fingerprint density at radius 1 is 1.19 bits per heavy atom. The molecule has 0 amide bonds. The Morgan fingerprint density at radius 2 is 1.92 bits per heavy atom. The van der Waals surface area contributed by atoms with Crippen LogP contribution in [0.3, 0.4) is 0 Å². The average Bonchev–Trinajstić information content (AvgIpc) is 3.45. The summed E-state index contributed by atoms with van der Waals surface area (Å²) in [6.07, 6.45) is 8.21. The molecule has 6 heteroatoms. The number of carbonyl (C=O) groups is 1. The Bertz CT molecular complexity index is 1120. The Balaban J connectivity index is 1.50. The molecule has 37 heavy (non-hydrogen) atoms. The molecule has 0 bridgehead atoms. The highest BCUT2D eigenvalue weighted by Crippen LogP contribution is 2.69. The Hall–Kier alpha value is -1.52. The molecule has 200 valence electrons. The van der Waals surface area contributed by atoms with E-state index in [1.165, 1.54) is 23.0 Å². The highest BCUT2D eigenvalue weighted by atomic mass is 31.0. The number of aliphatic hydroxyl groups is 1. The van der Waals surface area contributed by atoms with E-state index in [0.29, 0.717) is 44.3 Å². The number of allylic oxidation sites excluding steroid dienone is 1. The second kappa shape index (κ2) is 9.01. The summed E-state index contributed by atoms with van der Waals surface area (Å²) in [6.45, 7) is 9.34. The molecule has 1 aliphatic heterocycles. The van der Waals surface area contributed by atoms with Gasteiger partial charge in [-0.25, -0.2) is 0 Å². The van der Waals surface area contributed by atoms with Crippen molar-refractivity contribution in [2.24, 2.45) is 17.3 Å². The second-order valence-electron chi connectivity index (χ2n) is 12.3. The summed E-state index contributed by atoms with van der Waals surface area (Å²) in [5, 5.41) is 13.3. The summed E-state index contributed by atoms with van der Waals surface area (Å²) in [5.41, 5.74) is 1.88. The number of Topliss-reactive ketones (excluding diaryl/α,β-unsaturated/α-hetero) is 1. The predicted molar refractivity (Wildman–Crippen MR) is 146 cm³/mol. The smallest absolute Gasteiger partial charge is 0.176 e. The van der Waals surface area contributed by atoms with E-state index in [-0.39, 0.29) is 17.1 Å². The van der Waals surface area contributed by atoms with E-state index in [2.05, 4.69) is 47.0 Å². The first-order valence-electron chi connectivity index (χ1n) is 14.1. The Morgan fingerprint density at radius 3 is 2.59 bits per heavy atom. The quantitative estimate of drug-likeness (QED) is 0.320. The number of benzene rings is 1. The van der Waals surface area contributed by atoms with Gasteiger partial charge in [0, 0.05) is 30.6 Å². The van der Waals surface area contributed by atoms with Crippen LogP contribution in [0, 0.1) is 17.3 Å². The van der Waals surface area contributed by atoms with Gasteiger partial charge >= 0.3 is 0 Å². The van der Waals surface area contributed by atoms with Crippen LogP contribution >= 0.6 is 9.24 Å². The van der Waals surface area contributed by atoms with E-state index >= 15 is 0 Å².